The van der Waals surface area contributed by atoms with Gasteiger partial charge in [0.2, 0.25) is 5.91 Å². The number of amides is 3. The van der Waals surface area contributed by atoms with Crippen molar-refractivity contribution < 1.29 is 9.59 Å². The van der Waals surface area contributed by atoms with E-state index < -0.39 is 11.9 Å². The van der Waals surface area contributed by atoms with Crippen LogP contribution in [0.25, 0.3) is 20.7 Å². The Kier molecular flexibility index (Phi) is 6.20. The number of hydrogen-bond acceptors (Lipinski definition) is 5. The van der Waals surface area contributed by atoms with Crippen LogP contribution in [0.3, 0.4) is 0 Å². The molecular formula is C20H22N4O3S. The van der Waals surface area contributed by atoms with Gasteiger partial charge >= 0.3 is 6.03 Å². The van der Waals surface area contributed by atoms with Gasteiger partial charge < -0.3 is 5.32 Å². The summed E-state index contributed by atoms with van der Waals surface area (Å²) in [5.74, 6) is -0.109. The van der Waals surface area contributed by atoms with E-state index in [0.29, 0.717) is 22.7 Å². The Morgan fingerprint density at radius 1 is 1.21 bits per heavy atom. The van der Waals surface area contributed by atoms with Gasteiger partial charge in [-0.2, -0.15) is 0 Å². The molecule has 0 aliphatic rings. The highest BCUT2D eigenvalue weighted by molar-refractivity contribution is 7.21. The van der Waals surface area contributed by atoms with Crippen molar-refractivity contribution in [2.75, 3.05) is 6.54 Å². The second kappa shape index (κ2) is 8.79. The van der Waals surface area contributed by atoms with Crippen LogP contribution in [0.4, 0.5) is 4.79 Å². The molecule has 0 aliphatic carbocycles. The quantitative estimate of drug-likeness (QED) is 0.668. The molecule has 28 heavy (non-hydrogen) atoms. The maximum Gasteiger partial charge on any atom is 0.321 e. The standard InChI is InChI=1S/C20H22N4O3S/c1-13(2)8-9-21-20(27)23-17(25)11-24-12-22-18-15(19(24)26)10-16(28-18)14-6-4-3-5-7-14/h3-7,10,12-13H,8-9,11H2,1-2H3,(H2,21,23,25,27). The van der Waals surface area contributed by atoms with E-state index >= 15 is 0 Å². The second-order valence-electron chi connectivity index (χ2n) is 6.86. The van der Waals surface area contributed by atoms with Crippen LogP contribution < -0.4 is 16.2 Å². The number of rotatable bonds is 6. The topological polar surface area (TPSA) is 93.1 Å². The van der Waals surface area contributed by atoms with Gasteiger partial charge in [-0.3, -0.25) is 19.5 Å². The molecule has 2 N–H and O–H groups in total. The summed E-state index contributed by atoms with van der Waals surface area (Å²) in [7, 11) is 0. The number of aromatic nitrogens is 2. The molecule has 3 aromatic rings. The Morgan fingerprint density at radius 3 is 2.68 bits per heavy atom. The fourth-order valence-electron chi connectivity index (χ4n) is 2.66. The van der Waals surface area contributed by atoms with Gasteiger partial charge in [0, 0.05) is 11.4 Å². The molecule has 3 amide bonds. The van der Waals surface area contributed by atoms with E-state index in [9.17, 15) is 14.4 Å². The van der Waals surface area contributed by atoms with E-state index in [-0.39, 0.29) is 12.1 Å². The number of urea groups is 1. The second-order valence-corrected chi connectivity index (χ2v) is 7.89. The number of fused-ring (bicyclic) bond motifs is 1. The zero-order valence-corrected chi connectivity index (χ0v) is 16.6. The normalized spacial score (nSPS) is 11.0. The zero-order valence-electron chi connectivity index (χ0n) is 15.8. The van der Waals surface area contributed by atoms with Crippen molar-refractivity contribution in [2.45, 2.75) is 26.8 Å². The van der Waals surface area contributed by atoms with Crippen LogP contribution in [-0.4, -0.2) is 28.0 Å². The number of nitrogens with one attached hydrogen (secondary N) is 2. The largest absolute Gasteiger partial charge is 0.338 e. The van der Waals surface area contributed by atoms with Gasteiger partial charge in [0.05, 0.1) is 11.7 Å². The number of benzene rings is 1. The predicted octanol–water partition coefficient (Wildman–Crippen LogP) is 3.00. The fourth-order valence-corrected chi connectivity index (χ4v) is 3.65. The summed E-state index contributed by atoms with van der Waals surface area (Å²) in [6.45, 7) is 4.32. The summed E-state index contributed by atoms with van der Waals surface area (Å²) in [4.78, 5) is 42.4. The number of carbonyl (C=O) groups is 2. The van der Waals surface area contributed by atoms with Gasteiger partial charge in [0.15, 0.2) is 0 Å². The lowest BCUT2D eigenvalue weighted by Gasteiger charge is -2.09. The van der Waals surface area contributed by atoms with Crippen molar-refractivity contribution >= 4 is 33.5 Å². The van der Waals surface area contributed by atoms with E-state index in [0.717, 1.165) is 16.9 Å². The minimum absolute atomic E-state index is 0.268. The number of hydrogen-bond donors (Lipinski definition) is 2. The van der Waals surface area contributed by atoms with Crippen molar-refractivity contribution in [3.05, 3.63) is 53.1 Å². The third-order valence-corrected chi connectivity index (χ3v) is 5.24. The molecule has 0 saturated heterocycles. The van der Waals surface area contributed by atoms with Crippen molar-refractivity contribution in [1.29, 1.82) is 0 Å². The monoisotopic (exact) mass is 398 g/mol. The Morgan fingerprint density at radius 2 is 1.96 bits per heavy atom. The zero-order chi connectivity index (χ0) is 20.1. The summed E-state index contributed by atoms with van der Waals surface area (Å²) in [6.07, 6.45) is 2.16. The highest BCUT2D eigenvalue weighted by Crippen LogP contribution is 2.30. The van der Waals surface area contributed by atoms with Crippen molar-refractivity contribution in [2.24, 2.45) is 5.92 Å². The molecular weight excluding hydrogens is 376 g/mol. The average molecular weight is 398 g/mol. The van der Waals surface area contributed by atoms with Crippen LogP contribution in [0.2, 0.25) is 0 Å². The molecule has 3 rings (SSSR count). The summed E-state index contributed by atoms with van der Waals surface area (Å²) < 4.78 is 1.21. The molecule has 2 aromatic heterocycles. The molecule has 0 saturated carbocycles. The van der Waals surface area contributed by atoms with Crippen molar-refractivity contribution in [3.8, 4) is 10.4 Å². The molecule has 0 aliphatic heterocycles. The van der Waals surface area contributed by atoms with Crippen molar-refractivity contribution in [1.82, 2.24) is 20.2 Å². The Balaban J connectivity index is 1.70. The molecule has 0 radical (unpaired) electrons. The van der Waals surface area contributed by atoms with Gasteiger partial charge in [0.1, 0.15) is 11.4 Å². The fraction of sp³-hybridized carbons (Fsp3) is 0.300. The molecule has 7 nitrogen and oxygen atoms in total. The molecule has 0 atom stereocenters. The van der Waals surface area contributed by atoms with Gasteiger partial charge in [-0.15, -0.1) is 11.3 Å². The van der Waals surface area contributed by atoms with E-state index in [4.69, 9.17) is 0 Å². The van der Waals surface area contributed by atoms with Crippen LogP contribution in [0, 0.1) is 5.92 Å². The first-order chi connectivity index (χ1) is 13.4. The summed E-state index contributed by atoms with van der Waals surface area (Å²) in [5.41, 5.74) is 0.700. The Hall–Kier alpha value is -3.00. The Labute approximate surface area is 166 Å². The van der Waals surface area contributed by atoms with Gasteiger partial charge in [-0.25, -0.2) is 9.78 Å². The third-order valence-electron chi connectivity index (χ3n) is 4.15. The molecule has 0 unspecified atom stereocenters. The van der Waals surface area contributed by atoms with Gasteiger partial charge in [0.25, 0.3) is 5.56 Å². The molecule has 0 fully saturated rings. The highest BCUT2D eigenvalue weighted by Gasteiger charge is 2.13. The maximum atomic E-state index is 12.7. The first kappa shape index (κ1) is 19.8. The summed E-state index contributed by atoms with van der Waals surface area (Å²) in [6, 6.07) is 11.0. The SMILES string of the molecule is CC(C)CCNC(=O)NC(=O)Cn1cnc2sc(-c3ccccc3)cc2c1=O. The van der Waals surface area contributed by atoms with Crippen molar-refractivity contribution in [3.63, 3.8) is 0 Å². The molecule has 2 heterocycles. The van der Waals surface area contributed by atoms with E-state index in [2.05, 4.69) is 15.6 Å². The van der Waals surface area contributed by atoms with Crippen LogP contribution in [0.1, 0.15) is 20.3 Å². The summed E-state index contributed by atoms with van der Waals surface area (Å²) in [5, 5.41) is 5.32. The number of imide groups is 1. The molecule has 1 aromatic carbocycles. The minimum atomic E-state index is -0.566. The average Bonchev–Trinajstić information content (AvgIpc) is 3.09. The molecule has 0 spiro atoms. The lowest BCUT2D eigenvalue weighted by Crippen LogP contribution is -2.42. The predicted molar refractivity (Wildman–Crippen MR) is 110 cm³/mol. The van der Waals surface area contributed by atoms with Gasteiger partial charge in [-0.1, -0.05) is 44.2 Å². The first-order valence-electron chi connectivity index (χ1n) is 9.06. The van der Waals surface area contributed by atoms with E-state index in [1.807, 2.05) is 44.2 Å². The number of thiophene rings is 1. The maximum absolute atomic E-state index is 12.7. The third kappa shape index (κ3) is 4.83. The number of nitrogens with zero attached hydrogens (tertiary/aromatic N) is 2. The molecule has 146 valence electrons. The lowest BCUT2D eigenvalue weighted by atomic mass is 10.1. The smallest absolute Gasteiger partial charge is 0.321 e. The highest BCUT2D eigenvalue weighted by atomic mass is 32.1. The van der Waals surface area contributed by atoms with Crippen LogP contribution in [0.15, 0.2) is 47.5 Å². The van der Waals surface area contributed by atoms with Gasteiger partial charge in [-0.05, 0) is 24.0 Å². The van der Waals surface area contributed by atoms with Crippen LogP contribution in [-0.2, 0) is 11.3 Å². The van der Waals surface area contributed by atoms with E-state index in [1.165, 1.54) is 22.2 Å². The lowest BCUT2D eigenvalue weighted by molar-refractivity contribution is -0.120. The van der Waals surface area contributed by atoms with E-state index in [1.54, 1.807) is 6.07 Å². The molecule has 0 bridgehead atoms. The molecule has 8 heteroatoms. The minimum Gasteiger partial charge on any atom is -0.338 e. The number of carbonyl (C=O) groups excluding carboxylic acids is 2. The van der Waals surface area contributed by atoms with Crippen LogP contribution >= 0.6 is 11.3 Å². The first-order valence-corrected chi connectivity index (χ1v) is 9.88. The summed E-state index contributed by atoms with van der Waals surface area (Å²) >= 11 is 1.42. The van der Waals surface area contributed by atoms with Crippen LogP contribution in [0.5, 0.6) is 0 Å². The Bertz CT molecular complexity index is 1040.